The summed E-state index contributed by atoms with van der Waals surface area (Å²) >= 11 is 1.51. The zero-order valence-electron chi connectivity index (χ0n) is 14.7. The molecule has 0 unspecified atom stereocenters. The Balaban J connectivity index is 1.80. The second kappa shape index (κ2) is 6.59. The number of aromatic nitrogens is 2. The second-order valence-electron chi connectivity index (χ2n) is 6.28. The van der Waals surface area contributed by atoms with Gasteiger partial charge in [0.15, 0.2) is 0 Å². The molecule has 4 aromatic rings. The minimum atomic E-state index is -0.890. The van der Waals surface area contributed by atoms with E-state index >= 15 is 0 Å². The zero-order valence-corrected chi connectivity index (χ0v) is 15.5. The molecule has 0 aliphatic carbocycles. The Bertz CT molecular complexity index is 1250. The first-order valence-electron chi connectivity index (χ1n) is 8.43. The van der Waals surface area contributed by atoms with Gasteiger partial charge in [0, 0.05) is 10.1 Å². The summed E-state index contributed by atoms with van der Waals surface area (Å²) in [5.74, 6) is -1.04. The van der Waals surface area contributed by atoms with Gasteiger partial charge in [0.2, 0.25) is 5.91 Å². The van der Waals surface area contributed by atoms with Crippen LogP contribution in [0.4, 0.5) is 10.1 Å². The Kier molecular flexibility index (Phi) is 4.24. The van der Waals surface area contributed by atoms with Crippen LogP contribution in [-0.4, -0.2) is 15.7 Å². The van der Waals surface area contributed by atoms with Crippen molar-refractivity contribution in [3.63, 3.8) is 0 Å². The van der Waals surface area contributed by atoms with Gasteiger partial charge in [-0.2, -0.15) is 5.10 Å². The molecule has 27 heavy (non-hydrogen) atoms. The van der Waals surface area contributed by atoms with Crippen LogP contribution >= 0.6 is 11.3 Å². The van der Waals surface area contributed by atoms with Crippen LogP contribution in [-0.2, 0) is 4.79 Å². The van der Waals surface area contributed by atoms with Crippen molar-refractivity contribution >= 4 is 43.1 Å². The van der Waals surface area contributed by atoms with E-state index in [1.807, 2.05) is 31.2 Å². The fourth-order valence-corrected chi connectivity index (χ4v) is 4.19. The number of para-hydroxylation sites is 1. The topological polar surface area (TPSA) is 64.0 Å². The number of halogens is 1. The van der Waals surface area contributed by atoms with E-state index in [1.54, 1.807) is 19.1 Å². The van der Waals surface area contributed by atoms with Gasteiger partial charge < -0.3 is 5.32 Å². The van der Waals surface area contributed by atoms with E-state index in [2.05, 4.69) is 10.4 Å². The summed E-state index contributed by atoms with van der Waals surface area (Å²) < 4.78 is 16.8. The number of anilines is 1. The van der Waals surface area contributed by atoms with Crippen molar-refractivity contribution in [2.45, 2.75) is 19.9 Å². The molecule has 1 amide bonds. The quantitative estimate of drug-likeness (QED) is 0.577. The number of benzene rings is 2. The van der Waals surface area contributed by atoms with Gasteiger partial charge in [0.1, 0.15) is 11.9 Å². The number of amides is 1. The minimum absolute atomic E-state index is 0.0705. The summed E-state index contributed by atoms with van der Waals surface area (Å²) in [6.45, 7) is 3.39. The molecule has 2 aromatic heterocycles. The third-order valence-electron chi connectivity index (χ3n) is 4.48. The molecule has 1 atom stereocenters. The number of thiophene rings is 1. The summed E-state index contributed by atoms with van der Waals surface area (Å²) in [7, 11) is 0. The molecule has 0 fully saturated rings. The van der Waals surface area contributed by atoms with E-state index in [0.717, 1.165) is 14.8 Å². The molecule has 5 nitrogen and oxygen atoms in total. The first-order valence-corrected chi connectivity index (χ1v) is 9.25. The normalized spacial score (nSPS) is 12.4. The van der Waals surface area contributed by atoms with E-state index in [0.29, 0.717) is 11.1 Å². The SMILES string of the molecule is Cc1nn([C@@H](C)C(=O)Nc2ccccc2F)c(=O)c2c1sc1ccccc12. The van der Waals surface area contributed by atoms with Crippen LogP contribution in [0.15, 0.2) is 53.3 Å². The van der Waals surface area contributed by atoms with Crippen LogP contribution in [0, 0.1) is 12.7 Å². The summed E-state index contributed by atoms with van der Waals surface area (Å²) in [6, 6.07) is 12.7. The van der Waals surface area contributed by atoms with Crippen LogP contribution in [0.1, 0.15) is 18.7 Å². The third kappa shape index (κ3) is 2.90. The first kappa shape index (κ1) is 17.4. The fraction of sp³-hybridized carbons (Fsp3) is 0.150. The van der Waals surface area contributed by atoms with Gasteiger partial charge in [-0.3, -0.25) is 9.59 Å². The van der Waals surface area contributed by atoms with Gasteiger partial charge in [-0.1, -0.05) is 30.3 Å². The van der Waals surface area contributed by atoms with Gasteiger partial charge >= 0.3 is 0 Å². The molecular formula is C20H16FN3O2S. The predicted octanol–water partition coefficient (Wildman–Crippen LogP) is 4.26. The van der Waals surface area contributed by atoms with Gasteiger partial charge in [0.25, 0.3) is 5.56 Å². The van der Waals surface area contributed by atoms with Crippen molar-refractivity contribution < 1.29 is 9.18 Å². The summed E-state index contributed by atoms with van der Waals surface area (Å²) in [4.78, 5) is 25.7. The molecule has 0 aliphatic heterocycles. The van der Waals surface area contributed by atoms with E-state index < -0.39 is 17.8 Å². The van der Waals surface area contributed by atoms with E-state index in [1.165, 1.54) is 28.2 Å². The lowest BCUT2D eigenvalue weighted by Gasteiger charge is -2.15. The fourth-order valence-electron chi connectivity index (χ4n) is 3.05. The molecule has 0 saturated carbocycles. The Morgan fingerprint density at radius 2 is 1.89 bits per heavy atom. The standard InChI is InChI=1S/C20H16FN3O2S/c1-11-18-17(13-7-3-6-10-16(13)27-18)20(26)24(23-11)12(2)19(25)22-15-9-5-4-8-14(15)21/h3-10,12H,1-2H3,(H,22,25)/t12-/m0/s1. The number of fused-ring (bicyclic) bond motifs is 3. The third-order valence-corrected chi connectivity index (χ3v) is 5.76. The van der Waals surface area contributed by atoms with Crippen molar-refractivity contribution in [1.29, 1.82) is 0 Å². The van der Waals surface area contributed by atoms with Crippen molar-refractivity contribution in [3.8, 4) is 0 Å². The Morgan fingerprint density at radius 3 is 2.67 bits per heavy atom. The highest BCUT2D eigenvalue weighted by Crippen LogP contribution is 2.32. The molecule has 0 aliphatic rings. The average molecular weight is 381 g/mol. The molecule has 7 heteroatoms. The molecule has 0 spiro atoms. The number of nitrogens with zero attached hydrogens (tertiary/aromatic N) is 2. The molecule has 136 valence electrons. The lowest BCUT2D eigenvalue weighted by Crippen LogP contribution is -2.34. The van der Waals surface area contributed by atoms with E-state index in [-0.39, 0.29) is 11.2 Å². The number of carbonyl (C=O) groups excluding carboxylic acids is 1. The summed E-state index contributed by atoms with van der Waals surface area (Å²) in [5, 5.41) is 8.28. The molecule has 2 aromatic carbocycles. The lowest BCUT2D eigenvalue weighted by molar-refractivity contribution is -0.119. The van der Waals surface area contributed by atoms with Crippen molar-refractivity contribution in [1.82, 2.24) is 9.78 Å². The van der Waals surface area contributed by atoms with Crippen molar-refractivity contribution in [3.05, 3.63) is 70.4 Å². The minimum Gasteiger partial charge on any atom is -0.322 e. The molecule has 0 bridgehead atoms. The highest BCUT2D eigenvalue weighted by atomic mass is 32.1. The number of nitrogens with one attached hydrogen (secondary N) is 1. The maximum absolute atomic E-state index is 13.8. The summed E-state index contributed by atoms with van der Waals surface area (Å²) in [6.07, 6.45) is 0. The molecule has 0 saturated heterocycles. The van der Waals surface area contributed by atoms with Crippen molar-refractivity contribution in [2.24, 2.45) is 0 Å². The monoisotopic (exact) mass is 381 g/mol. The van der Waals surface area contributed by atoms with Gasteiger partial charge in [0.05, 0.1) is 21.5 Å². The number of hydrogen-bond donors (Lipinski definition) is 1. The van der Waals surface area contributed by atoms with Crippen LogP contribution in [0.5, 0.6) is 0 Å². The molecule has 1 N–H and O–H groups in total. The molecule has 2 heterocycles. The van der Waals surface area contributed by atoms with Gasteiger partial charge in [-0.25, -0.2) is 9.07 Å². The molecular weight excluding hydrogens is 365 g/mol. The molecule has 0 radical (unpaired) electrons. The number of rotatable bonds is 3. The van der Waals surface area contributed by atoms with Crippen LogP contribution in [0.25, 0.3) is 20.2 Å². The maximum atomic E-state index is 13.8. The number of carbonyl (C=O) groups is 1. The first-order chi connectivity index (χ1) is 13.0. The largest absolute Gasteiger partial charge is 0.322 e. The van der Waals surface area contributed by atoms with Crippen LogP contribution in [0.2, 0.25) is 0 Å². The van der Waals surface area contributed by atoms with E-state index in [4.69, 9.17) is 0 Å². The smallest absolute Gasteiger partial charge is 0.276 e. The van der Waals surface area contributed by atoms with Crippen LogP contribution in [0.3, 0.4) is 0 Å². The Morgan fingerprint density at radius 1 is 1.19 bits per heavy atom. The van der Waals surface area contributed by atoms with Gasteiger partial charge in [-0.05, 0) is 32.0 Å². The van der Waals surface area contributed by atoms with Gasteiger partial charge in [-0.15, -0.1) is 11.3 Å². The highest BCUT2D eigenvalue weighted by Gasteiger charge is 2.22. The molecule has 4 rings (SSSR count). The lowest BCUT2D eigenvalue weighted by atomic mass is 10.2. The zero-order chi connectivity index (χ0) is 19.1. The maximum Gasteiger partial charge on any atom is 0.276 e. The Labute approximate surface area is 158 Å². The Hall–Kier alpha value is -3.06. The highest BCUT2D eigenvalue weighted by molar-refractivity contribution is 7.26. The average Bonchev–Trinajstić information content (AvgIpc) is 3.06. The second-order valence-corrected chi connectivity index (χ2v) is 7.33. The van der Waals surface area contributed by atoms with Crippen LogP contribution < -0.4 is 10.9 Å². The predicted molar refractivity (Wildman–Crippen MR) is 106 cm³/mol. The number of hydrogen-bond acceptors (Lipinski definition) is 4. The number of aryl methyl sites for hydroxylation is 1. The summed E-state index contributed by atoms with van der Waals surface area (Å²) in [5.41, 5.74) is 0.418. The van der Waals surface area contributed by atoms with E-state index in [9.17, 15) is 14.0 Å². The van der Waals surface area contributed by atoms with Crippen molar-refractivity contribution in [2.75, 3.05) is 5.32 Å².